The second-order valence-corrected chi connectivity index (χ2v) is 7.00. The van der Waals surface area contributed by atoms with E-state index in [1.54, 1.807) is 42.3 Å². The van der Waals surface area contributed by atoms with Crippen LogP contribution >= 0.6 is 0 Å². The molecule has 0 saturated heterocycles. The first-order valence-corrected chi connectivity index (χ1v) is 9.13. The van der Waals surface area contributed by atoms with Gasteiger partial charge in [-0.15, -0.1) is 0 Å². The zero-order valence-corrected chi connectivity index (χ0v) is 16.9. The van der Waals surface area contributed by atoms with Gasteiger partial charge in [0.1, 0.15) is 5.75 Å². The fourth-order valence-electron chi connectivity index (χ4n) is 3.23. The van der Waals surface area contributed by atoms with Gasteiger partial charge in [-0.1, -0.05) is 6.07 Å². The smallest absolute Gasteiger partial charge is 0.254 e. The van der Waals surface area contributed by atoms with Crippen molar-refractivity contribution in [3.05, 3.63) is 54.1 Å². The van der Waals surface area contributed by atoms with E-state index in [4.69, 9.17) is 4.74 Å². The van der Waals surface area contributed by atoms with Crippen molar-refractivity contribution >= 4 is 23.2 Å². The average molecular weight is 368 g/mol. The third kappa shape index (κ3) is 4.67. The fraction of sp³-hybridized carbons (Fsp3) is 0.364. The third-order valence-electron chi connectivity index (χ3n) is 4.35. The number of hydrogen-bond acceptors (Lipinski definition) is 3. The molecule has 0 spiro atoms. The minimum absolute atomic E-state index is 0.0118. The van der Waals surface area contributed by atoms with Gasteiger partial charge in [-0.2, -0.15) is 0 Å². The Kier molecular flexibility index (Phi) is 6.61. The summed E-state index contributed by atoms with van der Waals surface area (Å²) < 4.78 is 5.25. The summed E-state index contributed by atoms with van der Waals surface area (Å²) in [6.07, 6.45) is 0. The van der Waals surface area contributed by atoms with Crippen molar-refractivity contribution in [2.24, 2.45) is 0 Å². The van der Waals surface area contributed by atoms with Crippen molar-refractivity contribution < 1.29 is 14.3 Å². The van der Waals surface area contributed by atoms with Gasteiger partial charge in [0, 0.05) is 36.3 Å². The lowest BCUT2D eigenvalue weighted by Gasteiger charge is -2.31. The van der Waals surface area contributed by atoms with Gasteiger partial charge < -0.3 is 9.64 Å². The van der Waals surface area contributed by atoms with Crippen LogP contribution in [0.5, 0.6) is 5.75 Å². The van der Waals surface area contributed by atoms with E-state index in [9.17, 15) is 9.59 Å². The maximum absolute atomic E-state index is 12.8. The number of ether oxygens (including phenoxy) is 1. The van der Waals surface area contributed by atoms with Gasteiger partial charge in [0.25, 0.3) is 5.91 Å². The molecule has 0 atom stereocenters. The molecule has 5 heteroatoms. The van der Waals surface area contributed by atoms with Gasteiger partial charge in [0.05, 0.1) is 12.8 Å². The van der Waals surface area contributed by atoms with E-state index in [1.165, 1.54) is 6.92 Å². The number of methoxy groups -OCH3 is 1. The Morgan fingerprint density at radius 3 is 1.96 bits per heavy atom. The van der Waals surface area contributed by atoms with Crippen LogP contribution in [-0.4, -0.2) is 35.9 Å². The number of carbonyl (C=O) groups excluding carboxylic acids is 2. The quantitative estimate of drug-likeness (QED) is 0.746. The number of rotatable bonds is 6. The molecule has 2 rings (SSSR count). The molecule has 0 saturated carbocycles. The predicted octanol–water partition coefficient (Wildman–Crippen LogP) is 4.64. The second-order valence-electron chi connectivity index (χ2n) is 7.00. The first-order chi connectivity index (χ1) is 12.8. The van der Waals surface area contributed by atoms with Crippen molar-refractivity contribution in [1.29, 1.82) is 0 Å². The molecule has 0 aliphatic heterocycles. The summed E-state index contributed by atoms with van der Waals surface area (Å²) in [4.78, 5) is 28.5. The van der Waals surface area contributed by atoms with E-state index in [-0.39, 0.29) is 23.9 Å². The van der Waals surface area contributed by atoms with Gasteiger partial charge in [0.2, 0.25) is 5.91 Å². The van der Waals surface area contributed by atoms with Gasteiger partial charge >= 0.3 is 0 Å². The first-order valence-electron chi connectivity index (χ1n) is 9.13. The van der Waals surface area contributed by atoms with Crippen molar-refractivity contribution in [2.75, 3.05) is 12.0 Å². The predicted molar refractivity (Wildman–Crippen MR) is 109 cm³/mol. The molecule has 0 aliphatic carbocycles. The number of amides is 2. The lowest BCUT2D eigenvalue weighted by atomic mass is 10.1. The Labute approximate surface area is 161 Å². The van der Waals surface area contributed by atoms with Crippen LogP contribution in [0.25, 0.3) is 0 Å². The molecule has 5 nitrogen and oxygen atoms in total. The van der Waals surface area contributed by atoms with E-state index in [2.05, 4.69) is 0 Å². The molecule has 2 amide bonds. The molecule has 2 aromatic carbocycles. The molecule has 0 fully saturated rings. The lowest BCUT2D eigenvalue weighted by Crippen LogP contribution is -2.42. The SMILES string of the molecule is COc1cccc(N(C(C)=O)c2ccc(C(=O)N(C(C)C)C(C)C)cc2)c1. The van der Waals surface area contributed by atoms with Gasteiger partial charge in [-0.05, 0) is 64.1 Å². The van der Waals surface area contributed by atoms with E-state index >= 15 is 0 Å². The number of anilines is 2. The van der Waals surface area contributed by atoms with Crippen molar-refractivity contribution in [3.63, 3.8) is 0 Å². The Morgan fingerprint density at radius 2 is 1.48 bits per heavy atom. The standard InChI is InChI=1S/C22H28N2O3/c1-15(2)23(16(3)4)22(26)18-10-12-19(13-11-18)24(17(5)25)20-8-7-9-21(14-20)27-6/h7-16H,1-6H3. The van der Waals surface area contributed by atoms with E-state index in [0.29, 0.717) is 22.7 Å². The van der Waals surface area contributed by atoms with Gasteiger partial charge in [0.15, 0.2) is 0 Å². The Morgan fingerprint density at radius 1 is 0.889 bits per heavy atom. The van der Waals surface area contributed by atoms with E-state index in [0.717, 1.165) is 0 Å². The highest BCUT2D eigenvalue weighted by molar-refractivity contribution is 6.00. The molecule has 27 heavy (non-hydrogen) atoms. The maximum atomic E-state index is 12.8. The minimum Gasteiger partial charge on any atom is -0.497 e. The van der Waals surface area contributed by atoms with Crippen LogP contribution in [0.1, 0.15) is 45.0 Å². The third-order valence-corrected chi connectivity index (χ3v) is 4.35. The Bertz CT molecular complexity index is 789. The van der Waals surface area contributed by atoms with Crippen molar-refractivity contribution in [1.82, 2.24) is 4.90 Å². The molecule has 0 heterocycles. The van der Waals surface area contributed by atoms with E-state index < -0.39 is 0 Å². The van der Waals surface area contributed by atoms with Crippen LogP contribution in [0.2, 0.25) is 0 Å². The van der Waals surface area contributed by atoms with Crippen LogP contribution in [0.3, 0.4) is 0 Å². The highest BCUT2D eigenvalue weighted by atomic mass is 16.5. The highest BCUT2D eigenvalue weighted by Crippen LogP contribution is 2.29. The Balaban J connectivity index is 2.35. The highest BCUT2D eigenvalue weighted by Gasteiger charge is 2.22. The summed E-state index contributed by atoms with van der Waals surface area (Å²) in [5.41, 5.74) is 2.02. The molecule has 0 aromatic heterocycles. The molecular formula is C22H28N2O3. The van der Waals surface area contributed by atoms with Crippen LogP contribution < -0.4 is 9.64 Å². The largest absolute Gasteiger partial charge is 0.497 e. The maximum Gasteiger partial charge on any atom is 0.254 e. The summed E-state index contributed by atoms with van der Waals surface area (Å²) in [6.45, 7) is 9.54. The second kappa shape index (κ2) is 8.71. The van der Waals surface area contributed by atoms with Crippen molar-refractivity contribution in [2.45, 2.75) is 46.7 Å². The van der Waals surface area contributed by atoms with Gasteiger partial charge in [-0.25, -0.2) is 0 Å². The summed E-state index contributed by atoms with van der Waals surface area (Å²) in [7, 11) is 1.59. The number of benzene rings is 2. The minimum atomic E-state index is -0.117. The summed E-state index contributed by atoms with van der Waals surface area (Å²) in [5.74, 6) is 0.547. The summed E-state index contributed by atoms with van der Waals surface area (Å²) >= 11 is 0. The van der Waals surface area contributed by atoms with Crippen LogP contribution in [0, 0.1) is 0 Å². The molecular weight excluding hydrogens is 340 g/mol. The summed E-state index contributed by atoms with van der Waals surface area (Å²) in [6, 6.07) is 14.7. The number of nitrogens with zero attached hydrogens (tertiary/aromatic N) is 2. The van der Waals surface area contributed by atoms with Crippen molar-refractivity contribution in [3.8, 4) is 5.75 Å². The topological polar surface area (TPSA) is 49.9 Å². The molecule has 144 valence electrons. The summed E-state index contributed by atoms with van der Waals surface area (Å²) in [5, 5.41) is 0. The molecule has 0 radical (unpaired) electrons. The molecule has 0 aliphatic rings. The van der Waals surface area contributed by atoms with Gasteiger partial charge in [-0.3, -0.25) is 14.5 Å². The Hall–Kier alpha value is -2.82. The lowest BCUT2D eigenvalue weighted by molar-refractivity contribution is -0.115. The van der Waals surface area contributed by atoms with Crippen LogP contribution in [-0.2, 0) is 4.79 Å². The monoisotopic (exact) mass is 368 g/mol. The number of hydrogen-bond donors (Lipinski definition) is 0. The number of carbonyl (C=O) groups is 2. The first kappa shape index (κ1) is 20.5. The molecule has 0 unspecified atom stereocenters. The normalized spacial score (nSPS) is 10.8. The van der Waals surface area contributed by atoms with Crippen LogP contribution in [0.15, 0.2) is 48.5 Å². The average Bonchev–Trinajstić information content (AvgIpc) is 2.61. The van der Waals surface area contributed by atoms with Crippen LogP contribution in [0.4, 0.5) is 11.4 Å². The zero-order chi connectivity index (χ0) is 20.1. The zero-order valence-electron chi connectivity index (χ0n) is 16.9. The molecule has 0 N–H and O–H groups in total. The molecule has 2 aromatic rings. The fourth-order valence-corrected chi connectivity index (χ4v) is 3.23. The van der Waals surface area contributed by atoms with E-state index in [1.807, 2.05) is 50.8 Å². The molecule has 0 bridgehead atoms.